The van der Waals surface area contributed by atoms with E-state index in [0.717, 1.165) is 32.4 Å². The largest absolute Gasteiger partial charge is 0.298 e. The fourth-order valence-electron chi connectivity index (χ4n) is 2.28. The standard InChI is InChI=1S/C14H29NO/c1-7-12(8-2)11-13(16)14(5,6)15(9-3)10-4/h12H,7-11H2,1-6H3. The number of carbonyl (C=O) groups excluding carboxylic acids is 1. The van der Waals surface area contributed by atoms with E-state index in [2.05, 4.69) is 46.4 Å². The maximum atomic E-state index is 12.3. The minimum Gasteiger partial charge on any atom is -0.298 e. The smallest absolute Gasteiger partial charge is 0.152 e. The first-order valence-electron chi connectivity index (χ1n) is 6.72. The first-order valence-corrected chi connectivity index (χ1v) is 6.72. The second kappa shape index (κ2) is 7.05. The molecule has 16 heavy (non-hydrogen) atoms. The lowest BCUT2D eigenvalue weighted by Crippen LogP contribution is -2.50. The normalized spacial score (nSPS) is 12.5. The molecule has 0 unspecified atom stereocenters. The van der Waals surface area contributed by atoms with E-state index in [9.17, 15) is 4.79 Å². The van der Waals surface area contributed by atoms with Crippen LogP contribution >= 0.6 is 0 Å². The summed E-state index contributed by atoms with van der Waals surface area (Å²) in [6, 6.07) is 0. The highest BCUT2D eigenvalue weighted by Crippen LogP contribution is 2.22. The van der Waals surface area contributed by atoms with Crippen LogP contribution in [0.2, 0.25) is 0 Å². The van der Waals surface area contributed by atoms with Crippen molar-refractivity contribution in [3.8, 4) is 0 Å². The lowest BCUT2D eigenvalue weighted by Gasteiger charge is -2.36. The molecule has 0 aliphatic rings. The summed E-state index contributed by atoms with van der Waals surface area (Å²) in [5.41, 5.74) is -0.300. The monoisotopic (exact) mass is 227 g/mol. The van der Waals surface area contributed by atoms with Crippen molar-refractivity contribution >= 4 is 5.78 Å². The van der Waals surface area contributed by atoms with E-state index in [1.165, 1.54) is 0 Å². The van der Waals surface area contributed by atoms with Crippen molar-refractivity contribution in [2.24, 2.45) is 5.92 Å². The van der Waals surface area contributed by atoms with Gasteiger partial charge >= 0.3 is 0 Å². The Bertz CT molecular complexity index is 203. The molecule has 0 bridgehead atoms. The fraction of sp³-hybridized carbons (Fsp3) is 0.929. The molecule has 0 amide bonds. The highest BCUT2D eigenvalue weighted by molar-refractivity contribution is 5.87. The van der Waals surface area contributed by atoms with E-state index < -0.39 is 0 Å². The zero-order valence-electron chi connectivity index (χ0n) is 12.0. The molecule has 0 aromatic heterocycles. The van der Waals surface area contributed by atoms with Gasteiger partial charge in [-0.3, -0.25) is 9.69 Å². The van der Waals surface area contributed by atoms with Gasteiger partial charge in [0.15, 0.2) is 5.78 Å². The van der Waals surface area contributed by atoms with Gasteiger partial charge in [0, 0.05) is 6.42 Å². The lowest BCUT2D eigenvalue weighted by molar-refractivity contribution is -0.130. The van der Waals surface area contributed by atoms with Crippen molar-refractivity contribution in [2.45, 2.75) is 66.3 Å². The average molecular weight is 227 g/mol. The van der Waals surface area contributed by atoms with E-state index in [1.807, 2.05) is 0 Å². The van der Waals surface area contributed by atoms with E-state index in [0.29, 0.717) is 11.7 Å². The summed E-state index contributed by atoms with van der Waals surface area (Å²) < 4.78 is 0. The molecule has 0 spiro atoms. The van der Waals surface area contributed by atoms with Crippen LogP contribution in [0, 0.1) is 5.92 Å². The van der Waals surface area contributed by atoms with Gasteiger partial charge in [0.1, 0.15) is 0 Å². The molecule has 0 radical (unpaired) electrons. The van der Waals surface area contributed by atoms with Gasteiger partial charge in [-0.25, -0.2) is 0 Å². The molecule has 0 aliphatic carbocycles. The van der Waals surface area contributed by atoms with E-state index >= 15 is 0 Å². The van der Waals surface area contributed by atoms with E-state index in [4.69, 9.17) is 0 Å². The molecule has 2 heteroatoms. The maximum absolute atomic E-state index is 12.3. The summed E-state index contributed by atoms with van der Waals surface area (Å²) >= 11 is 0. The van der Waals surface area contributed by atoms with Crippen LogP contribution in [0.15, 0.2) is 0 Å². The Morgan fingerprint density at radius 1 is 1.06 bits per heavy atom. The summed E-state index contributed by atoms with van der Waals surface area (Å²) in [5.74, 6) is 0.951. The predicted octanol–water partition coefficient (Wildman–Crippen LogP) is 3.50. The van der Waals surface area contributed by atoms with E-state index in [1.54, 1.807) is 0 Å². The number of ketones is 1. The van der Waals surface area contributed by atoms with E-state index in [-0.39, 0.29) is 5.54 Å². The summed E-state index contributed by atoms with van der Waals surface area (Å²) in [6.07, 6.45) is 2.95. The molecule has 0 saturated heterocycles. The number of Topliss-reactive ketones (excluding diaryl/α,β-unsaturated/α-hetero) is 1. The van der Waals surface area contributed by atoms with Crippen molar-refractivity contribution in [1.82, 2.24) is 4.90 Å². The first-order chi connectivity index (χ1) is 7.43. The van der Waals surface area contributed by atoms with Gasteiger partial charge in [-0.2, -0.15) is 0 Å². The van der Waals surface area contributed by atoms with Gasteiger partial charge in [-0.1, -0.05) is 40.5 Å². The second-order valence-electron chi connectivity index (χ2n) is 5.04. The minimum absolute atomic E-state index is 0.300. The second-order valence-corrected chi connectivity index (χ2v) is 5.04. The molecule has 2 nitrogen and oxygen atoms in total. The van der Waals surface area contributed by atoms with Crippen LogP contribution in [-0.2, 0) is 4.79 Å². The molecule has 0 heterocycles. The Hall–Kier alpha value is -0.370. The van der Waals surface area contributed by atoms with Crippen LogP contribution in [0.5, 0.6) is 0 Å². The third-order valence-electron chi connectivity index (χ3n) is 3.87. The maximum Gasteiger partial charge on any atom is 0.152 e. The zero-order valence-corrected chi connectivity index (χ0v) is 12.0. The fourth-order valence-corrected chi connectivity index (χ4v) is 2.28. The number of rotatable bonds is 8. The van der Waals surface area contributed by atoms with Crippen LogP contribution in [0.3, 0.4) is 0 Å². The highest BCUT2D eigenvalue weighted by atomic mass is 16.1. The van der Waals surface area contributed by atoms with Crippen molar-refractivity contribution in [1.29, 1.82) is 0 Å². The highest BCUT2D eigenvalue weighted by Gasteiger charge is 2.32. The van der Waals surface area contributed by atoms with Gasteiger partial charge in [-0.15, -0.1) is 0 Å². The molecule has 0 saturated carbocycles. The molecular weight excluding hydrogens is 198 g/mol. The Morgan fingerprint density at radius 3 is 1.81 bits per heavy atom. The third-order valence-corrected chi connectivity index (χ3v) is 3.87. The predicted molar refractivity (Wildman–Crippen MR) is 70.7 cm³/mol. The number of carbonyl (C=O) groups is 1. The molecule has 0 aliphatic heterocycles. The van der Waals surface area contributed by atoms with Crippen LogP contribution < -0.4 is 0 Å². The van der Waals surface area contributed by atoms with Crippen molar-refractivity contribution in [3.05, 3.63) is 0 Å². The van der Waals surface area contributed by atoms with Gasteiger partial charge in [0.2, 0.25) is 0 Å². The number of likely N-dealkylation sites (N-methyl/N-ethyl adjacent to an activating group) is 1. The van der Waals surface area contributed by atoms with Crippen molar-refractivity contribution in [2.75, 3.05) is 13.1 Å². The molecule has 96 valence electrons. The van der Waals surface area contributed by atoms with Crippen molar-refractivity contribution < 1.29 is 4.79 Å². The van der Waals surface area contributed by atoms with Gasteiger partial charge < -0.3 is 0 Å². The van der Waals surface area contributed by atoms with Gasteiger partial charge in [0.25, 0.3) is 0 Å². The van der Waals surface area contributed by atoms with Gasteiger partial charge in [0.05, 0.1) is 5.54 Å². The summed E-state index contributed by atoms with van der Waals surface area (Å²) in [4.78, 5) is 14.6. The minimum atomic E-state index is -0.300. The summed E-state index contributed by atoms with van der Waals surface area (Å²) in [6.45, 7) is 14.6. The molecule has 0 atom stereocenters. The Kier molecular flexibility index (Phi) is 6.89. The molecule has 0 fully saturated rings. The summed E-state index contributed by atoms with van der Waals surface area (Å²) in [5, 5.41) is 0. The molecule has 0 N–H and O–H groups in total. The SMILES string of the molecule is CCC(CC)CC(=O)C(C)(C)N(CC)CC. The topological polar surface area (TPSA) is 20.3 Å². The average Bonchev–Trinajstić information content (AvgIpc) is 2.26. The Balaban J connectivity index is 4.55. The number of nitrogens with zero attached hydrogens (tertiary/aromatic N) is 1. The van der Waals surface area contributed by atoms with Crippen LogP contribution in [0.25, 0.3) is 0 Å². The first kappa shape index (κ1) is 15.6. The summed E-state index contributed by atoms with van der Waals surface area (Å²) in [7, 11) is 0. The Labute approximate surface area is 101 Å². The zero-order chi connectivity index (χ0) is 12.8. The molecular formula is C14H29NO. The third kappa shape index (κ3) is 3.89. The number of hydrogen-bond donors (Lipinski definition) is 0. The Morgan fingerprint density at radius 2 is 1.50 bits per heavy atom. The molecule has 0 aromatic rings. The van der Waals surface area contributed by atoms with Crippen LogP contribution in [0.1, 0.15) is 60.8 Å². The van der Waals surface area contributed by atoms with Crippen LogP contribution in [-0.4, -0.2) is 29.3 Å². The molecule has 0 rings (SSSR count). The quantitative estimate of drug-likeness (QED) is 0.632. The molecule has 0 aromatic carbocycles. The van der Waals surface area contributed by atoms with Gasteiger partial charge in [-0.05, 0) is 32.9 Å². The van der Waals surface area contributed by atoms with Crippen molar-refractivity contribution in [3.63, 3.8) is 0 Å². The number of hydrogen-bond acceptors (Lipinski definition) is 2. The van der Waals surface area contributed by atoms with Crippen LogP contribution in [0.4, 0.5) is 0 Å². The lowest BCUT2D eigenvalue weighted by atomic mass is 9.87.